The van der Waals surface area contributed by atoms with Gasteiger partial charge in [0.2, 0.25) is 5.91 Å². The van der Waals surface area contributed by atoms with E-state index in [9.17, 15) is 9.59 Å². The number of carbonyl (C=O) groups excluding carboxylic acids is 2. The highest BCUT2D eigenvalue weighted by Crippen LogP contribution is 2.33. The Bertz CT molecular complexity index is 605. The molecule has 6 nitrogen and oxygen atoms in total. The average molecular weight is 317 g/mol. The van der Waals surface area contributed by atoms with Crippen molar-refractivity contribution in [3.63, 3.8) is 0 Å². The second kappa shape index (κ2) is 6.58. The molecule has 1 fully saturated rings. The van der Waals surface area contributed by atoms with E-state index in [1.54, 1.807) is 13.0 Å². The largest absolute Gasteiger partial charge is 0.479 e. The van der Waals surface area contributed by atoms with Crippen molar-refractivity contribution in [2.75, 3.05) is 18.0 Å². The summed E-state index contributed by atoms with van der Waals surface area (Å²) in [7, 11) is 0. The third-order valence-corrected chi connectivity index (χ3v) is 4.48. The van der Waals surface area contributed by atoms with Crippen LogP contribution in [0.3, 0.4) is 0 Å². The molecule has 0 aromatic heterocycles. The van der Waals surface area contributed by atoms with Crippen molar-refractivity contribution in [3.05, 3.63) is 24.3 Å². The van der Waals surface area contributed by atoms with Gasteiger partial charge < -0.3 is 15.4 Å². The van der Waals surface area contributed by atoms with Crippen molar-refractivity contribution in [1.29, 1.82) is 0 Å². The highest BCUT2D eigenvalue weighted by Gasteiger charge is 2.33. The topological polar surface area (TPSA) is 70.7 Å². The normalized spacial score (nSPS) is 27.1. The fraction of sp³-hybridized carbons (Fsp3) is 0.529. The molecule has 2 aliphatic heterocycles. The Balaban J connectivity index is 1.71. The number of hydrogen-bond donors (Lipinski definition) is 2. The van der Waals surface area contributed by atoms with Crippen LogP contribution in [0.2, 0.25) is 0 Å². The molecule has 1 saturated heterocycles. The zero-order chi connectivity index (χ0) is 16.4. The minimum Gasteiger partial charge on any atom is -0.479 e. The highest BCUT2D eigenvalue weighted by atomic mass is 16.5. The Morgan fingerprint density at radius 3 is 2.96 bits per heavy atom. The van der Waals surface area contributed by atoms with Crippen LogP contribution in [-0.4, -0.2) is 43.1 Å². The molecule has 2 aliphatic rings. The summed E-state index contributed by atoms with van der Waals surface area (Å²) >= 11 is 0. The number of hydrogen-bond acceptors (Lipinski definition) is 4. The zero-order valence-corrected chi connectivity index (χ0v) is 13.5. The number of piperidine rings is 1. The first-order valence-corrected chi connectivity index (χ1v) is 8.16. The number of benzene rings is 1. The molecule has 0 saturated carbocycles. The van der Waals surface area contributed by atoms with Gasteiger partial charge in [0.1, 0.15) is 12.3 Å². The lowest BCUT2D eigenvalue weighted by molar-refractivity contribution is -0.128. The zero-order valence-electron chi connectivity index (χ0n) is 13.5. The first-order chi connectivity index (χ1) is 11.1. The van der Waals surface area contributed by atoms with Crippen molar-refractivity contribution < 1.29 is 14.3 Å². The molecule has 2 amide bonds. The summed E-state index contributed by atoms with van der Waals surface area (Å²) in [5, 5.41) is 6.40. The Labute approximate surface area is 136 Å². The molecule has 1 aromatic rings. The fourth-order valence-corrected chi connectivity index (χ4v) is 3.16. The van der Waals surface area contributed by atoms with Crippen LogP contribution >= 0.6 is 0 Å². The number of nitrogens with one attached hydrogen (secondary N) is 2. The van der Waals surface area contributed by atoms with Crippen molar-refractivity contribution in [1.82, 2.24) is 10.6 Å². The number of carbonyl (C=O) groups is 2. The summed E-state index contributed by atoms with van der Waals surface area (Å²) in [5.74, 6) is 0.316. The third-order valence-electron chi connectivity index (χ3n) is 4.48. The van der Waals surface area contributed by atoms with Gasteiger partial charge in [0, 0.05) is 12.1 Å². The van der Waals surface area contributed by atoms with E-state index < -0.39 is 6.10 Å². The summed E-state index contributed by atoms with van der Waals surface area (Å²) in [5.41, 5.74) is 0.653. The molecule has 0 radical (unpaired) electrons. The molecule has 2 heterocycles. The van der Waals surface area contributed by atoms with Gasteiger partial charge in [0.05, 0.1) is 5.69 Å². The number of nitrogens with zero attached hydrogens (tertiary/aromatic N) is 1. The van der Waals surface area contributed by atoms with Gasteiger partial charge in [0.25, 0.3) is 5.91 Å². The van der Waals surface area contributed by atoms with E-state index in [2.05, 4.69) is 17.6 Å². The van der Waals surface area contributed by atoms with E-state index in [1.807, 2.05) is 18.2 Å². The van der Waals surface area contributed by atoms with E-state index >= 15 is 0 Å². The molecule has 6 heteroatoms. The maximum Gasteiger partial charge on any atom is 0.268 e. The SMILES string of the molecule is CC1Oc2ccccc2N(CC(=O)NC2CCCNC2C)C1=O. The molecule has 3 atom stereocenters. The second-order valence-corrected chi connectivity index (χ2v) is 6.21. The van der Waals surface area contributed by atoms with Crippen molar-refractivity contribution in [3.8, 4) is 5.75 Å². The van der Waals surface area contributed by atoms with Gasteiger partial charge >= 0.3 is 0 Å². The van der Waals surface area contributed by atoms with Gasteiger partial charge in [-0.15, -0.1) is 0 Å². The quantitative estimate of drug-likeness (QED) is 0.874. The molecule has 3 rings (SSSR count). The lowest BCUT2D eigenvalue weighted by Gasteiger charge is -2.34. The standard InChI is InChI=1S/C17H23N3O3/c1-11-13(6-5-9-18-11)19-16(21)10-20-14-7-3-4-8-15(14)23-12(2)17(20)22/h3-4,7-8,11-13,18H,5-6,9-10H2,1-2H3,(H,19,21). The Hall–Kier alpha value is -2.08. The van der Waals surface area contributed by atoms with Crippen LogP contribution in [0.5, 0.6) is 5.75 Å². The molecule has 2 N–H and O–H groups in total. The summed E-state index contributed by atoms with van der Waals surface area (Å²) < 4.78 is 5.59. The van der Waals surface area contributed by atoms with Gasteiger partial charge in [-0.25, -0.2) is 0 Å². The number of amides is 2. The predicted octanol–water partition coefficient (Wildman–Crippen LogP) is 1.06. The van der Waals surface area contributed by atoms with Crippen molar-refractivity contribution >= 4 is 17.5 Å². The number of para-hydroxylation sites is 2. The molecule has 0 bridgehead atoms. The van der Waals surface area contributed by atoms with E-state index in [4.69, 9.17) is 4.74 Å². The van der Waals surface area contributed by atoms with Gasteiger partial charge in [0.15, 0.2) is 6.10 Å². The average Bonchev–Trinajstić information content (AvgIpc) is 2.54. The molecular weight excluding hydrogens is 294 g/mol. The van der Waals surface area contributed by atoms with Crippen LogP contribution < -0.4 is 20.3 Å². The Kier molecular flexibility index (Phi) is 4.52. The van der Waals surface area contributed by atoms with E-state index in [0.29, 0.717) is 11.4 Å². The molecule has 1 aromatic carbocycles. The highest BCUT2D eigenvalue weighted by molar-refractivity contribution is 6.03. The van der Waals surface area contributed by atoms with Gasteiger partial charge in [-0.1, -0.05) is 12.1 Å². The van der Waals surface area contributed by atoms with Gasteiger partial charge in [-0.3, -0.25) is 14.5 Å². The van der Waals surface area contributed by atoms with E-state index in [0.717, 1.165) is 19.4 Å². The summed E-state index contributed by atoms with van der Waals surface area (Å²) in [4.78, 5) is 26.3. The van der Waals surface area contributed by atoms with Gasteiger partial charge in [-0.05, 0) is 45.4 Å². The van der Waals surface area contributed by atoms with Crippen molar-refractivity contribution in [2.24, 2.45) is 0 Å². The van der Waals surface area contributed by atoms with Crippen LogP contribution in [-0.2, 0) is 9.59 Å². The molecule has 124 valence electrons. The first kappa shape index (κ1) is 15.8. The Morgan fingerprint density at radius 2 is 2.17 bits per heavy atom. The smallest absolute Gasteiger partial charge is 0.268 e. The number of fused-ring (bicyclic) bond motifs is 1. The van der Waals surface area contributed by atoms with Crippen LogP contribution in [0.1, 0.15) is 26.7 Å². The third kappa shape index (κ3) is 3.32. The second-order valence-electron chi connectivity index (χ2n) is 6.21. The van der Waals surface area contributed by atoms with Crippen LogP contribution in [0, 0.1) is 0 Å². The lowest BCUT2D eigenvalue weighted by atomic mass is 10.00. The predicted molar refractivity (Wildman–Crippen MR) is 87.5 cm³/mol. The minimum absolute atomic E-state index is 0.0206. The number of anilines is 1. The lowest BCUT2D eigenvalue weighted by Crippen LogP contribution is -2.55. The number of rotatable bonds is 3. The minimum atomic E-state index is -0.576. The van der Waals surface area contributed by atoms with Crippen LogP contribution in [0.25, 0.3) is 0 Å². The van der Waals surface area contributed by atoms with Crippen molar-refractivity contribution in [2.45, 2.75) is 44.9 Å². The van der Waals surface area contributed by atoms with E-state index in [-0.39, 0.29) is 30.4 Å². The maximum absolute atomic E-state index is 12.4. The fourth-order valence-electron chi connectivity index (χ4n) is 3.16. The van der Waals surface area contributed by atoms with Crippen LogP contribution in [0.4, 0.5) is 5.69 Å². The van der Waals surface area contributed by atoms with Crippen LogP contribution in [0.15, 0.2) is 24.3 Å². The molecular formula is C17H23N3O3. The summed E-state index contributed by atoms with van der Waals surface area (Å²) in [6, 6.07) is 7.67. The molecule has 0 aliphatic carbocycles. The monoisotopic (exact) mass is 317 g/mol. The van der Waals surface area contributed by atoms with Gasteiger partial charge in [-0.2, -0.15) is 0 Å². The summed E-state index contributed by atoms with van der Waals surface area (Å²) in [6.45, 7) is 4.78. The Morgan fingerprint density at radius 1 is 1.39 bits per heavy atom. The first-order valence-electron chi connectivity index (χ1n) is 8.16. The van der Waals surface area contributed by atoms with E-state index in [1.165, 1.54) is 4.90 Å². The maximum atomic E-state index is 12.4. The molecule has 3 unspecified atom stereocenters. The molecule has 0 spiro atoms. The summed E-state index contributed by atoms with van der Waals surface area (Å²) in [6.07, 6.45) is 1.43. The number of ether oxygens (including phenoxy) is 1. The molecule has 23 heavy (non-hydrogen) atoms.